The van der Waals surface area contributed by atoms with Crippen LogP contribution in [-0.2, 0) is 16.0 Å². The van der Waals surface area contributed by atoms with Crippen molar-refractivity contribution < 1.29 is 19.1 Å². The first kappa shape index (κ1) is 24.3. The first-order valence-electron chi connectivity index (χ1n) is 10.3. The molecule has 0 saturated heterocycles. The van der Waals surface area contributed by atoms with Crippen LogP contribution in [0.5, 0.6) is 0 Å². The fraction of sp³-hybridized carbons (Fsp3) is 0.318. The minimum absolute atomic E-state index is 0.172. The molecule has 0 amide bonds. The van der Waals surface area contributed by atoms with Crippen molar-refractivity contribution in [2.24, 2.45) is 0 Å². The number of thiophene rings is 1. The Labute approximate surface area is 201 Å². The smallest absolute Gasteiger partial charge is 0.348 e. The molecule has 0 radical (unpaired) electrons. The molecule has 3 rings (SSSR count). The molecule has 0 aliphatic rings. The van der Waals surface area contributed by atoms with Crippen LogP contribution in [0.15, 0.2) is 30.6 Å². The molecule has 0 atom stereocenters. The van der Waals surface area contributed by atoms with Crippen molar-refractivity contribution in [3.05, 3.63) is 57.7 Å². The van der Waals surface area contributed by atoms with Gasteiger partial charge in [0.15, 0.2) is 5.11 Å². The van der Waals surface area contributed by atoms with Gasteiger partial charge in [0.05, 0.1) is 25.3 Å². The maximum Gasteiger partial charge on any atom is 0.348 e. The molecular formula is C22H25N5O4S2. The van der Waals surface area contributed by atoms with Crippen molar-refractivity contribution in [3.63, 3.8) is 0 Å². The average Bonchev–Trinajstić information content (AvgIpc) is 3.32. The summed E-state index contributed by atoms with van der Waals surface area (Å²) < 4.78 is 11.9. The van der Waals surface area contributed by atoms with Gasteiger partial charge in [-0.05, 0) is 51.0 Å². The molecule has 11 heteroatoms. The summed E-state index contributed by atoms with van der Waals surface area (Å²) in [5.41, 5.74) is 2.99. The molecule has 0 unspecified atom stereocenters. The quantitative estimate of drug-likeness (QED) is 0.358. The molecular weight excluding hydrogens is 462 g/mol. The van der Waals surface area contributed by atoms with E-state index in [9.17, 15) is 9.59 Å². The second-order valence-corrected chi connectivity index (χ2v) is 8.46. The van der Waals surface area contributed by atoms with Crippen LogP contribution in [-0.4, -0.2) is 45.0 Å². The number of carbonyl (C=O) groups excluding carboxylic acids is 2. The molecule has 33 heavy (non-hydrogen) atoms. The lowest BCUT2D eigenvalue weighted by Crippen LogP contribution is -2.21. The summed E-state index contributed by atoms with van der Waals surface area (Å²) in [5.74, 6) is -0.751. The van der Waals surface area contributed by atoms with E-state index in [1.807, 2.05) is 25.1 Å². The van der Waals surface area contributed by atoms with Crippen molar-refractivity contribution in [2.75, 3.05) is 23.8 Å². The van der Waals surface area contributed by atoms with Crippen molar-refractivity contribution in [2.45, 2.75) is 34.2 Å². The average molecular weight is 488 g/mol. The third-order valence-electron chi connectivity index (χ3n) is 4.50. The molecule has 0 fully saturated rings. The largest absolute Gasteiger partial charge is 0.462 e. The van der Waals surface area contributed by atoms with E-state index in [4.69, 9.17) is 21.7 Å². The van der Waals surface area contributed by atoms with E-state index in [1.54, 1.807) is 31.8 Å². The number of esters is 2. The van der Waals surface area contributed by atoms with Crippen LogP contribution in [0, 0.1) is 13.8 Å². The normalized spacial score (nSPS) is 10.5. The number of hydrogen-bond acceptors (Lipinski definition) is 8. The fourth-order valence-electron chi connectivity index (χ4n) is 3.10. The van der Waals surface area contributed by atoms with Crippen molar-refractivity contribution in [1.82, 2.24) is 14.8 Å². The van der Waals surface area contributed by atoms with Crippen molar-refractivity contribution in [1.29, 1.82) is 0 Å². The number of ether oxygens (including phenoxy) is 2. The highest BCUT2D eigenvalue weighted by atomic mass is 32.1. The first-order chi connectivity index (χ1) is 15.8. The monoisotopic (exact) mass is 487 g/mol. The van der Waals surface area contributed by atoms with E-state index in [0.29, 0.717) is 27.9 Å². The minimum atomic E-state index is -0.548. The van der Waals surface area contributed by atoms with Gasteiger partial charge in [-0.15, -0.1) is 16.4 Å². The summed E-state index contributed by atoms with van der Waals surface area (Å²) in [6.07, 6.45) is 1.60. The number of aryl methyl sites for hydroxylation is 1. The van der Waals surface area contributed by atoms with E-state index in [1.165, 1.54) is 5.56 Å². The van der Waals surface area contributed by atoms with Gasteiger partial charge in [-0.1, -0.05) is 29.8 Å². The lowest BCUT2D eigenvalue weighted by atomic mass is 10.1. The second-order valence-electron chi connectivity index (χ2n) is 7.04. The van der Waals surface area contributed by atoms with Gasteiger partial charge in [0.25, 0.3) is 0 Å². The summed E-state index contributed by atoms with van der Waals surface area (Å²) >= 11 is 6.46. The van der Waals surface area contributed by atoms with E-state index in [0.717, 1.165) is 16.9 Å². The van der Waals surface area contributed by atoms with Crippen molar-refractivity contribution >= 4 is 51.6 Å². The number of benzene rings is 1. The van der Waals surface area contributed by atoms with Crippen LogP contribution in [0.2, 0.25) is 0 Å². The number of aromatic nitrogens is 3. The molecule has 0 aliphatic heterocycles. The maximum atomic E-state index is 12.5. The Kier molecular flexibility index (Phi) is 8.12. The van der Waals surface area contributed by atoms with Gasteiger partial charge < -0.3 is 14.8 Å². The highest BCUT2D eigenvalue weighted by Crippen LogP contribution is 2.34. The third-order valence-corrected chi connectivity index (χ3v) is 5.89. The summed E-state index contributed by atoms with van der Waals surface area (Å²) in [6.45, 7) is 8.13. The van der Waals surface area contributed by atoms with Crippen LogP contribution in [0.1, 0.15) is 50.6 Å². The van der Waals surface area contributed by atoms with Crippen LogP contribution in [0.25, 0.3) is 0 Å². The van der Waals surface area contributed by atoms with E-state index < -0.39 is 11.9 Å². The zero-order valence-corrected chi connectivity index (χ0v) is 20.4. The van der Waals surface area contributed by atoms with Crippen LogP contribution in [0.3, 0.4) is 0 Å². The van der Waals surface area contributed by atoms with E-state index in [-0.39, 0.29) is 23.9 Å². The molecule has 0 aliphatic carbocycles. The number of nitrogens with zero attached hydrogens (tertiary/aromatic N) is 3. The van der Waals surface area contributed by atoms with E-state index in [2.05, 4.69) is 26.8 Å². The third kappa shape index (κ3) is 6.14. The highest BCUT2D eigenvalue weighted by molar-refractivity contribution is 7.80. The van der Waals surface area contributed by atoms with Crippen LogP contribution in [0.4, 0.5) is 10.9 Å². The topological polar surface area (TPSA) is 107 Å². The molecule has 1 aromatic carbocycles. The number of nitrogens with one attached hydrogen (secondary N) is 2. The number of anilines is 2. The molecule has 9 nitrogen and oxygen atoms in total. The van der Waals surface area contributed by atoms with Gasteiger partial charge >= 0.3 is 11.9 Å². The Bertz CT molecular complexity index is 1170. The molecule has 0 saturated carbocycles. The fourth-order valence-corrected chi connectivity index (χ4v) is 4.45. The molecule has 0 bridgehead atoms. The van der Waals surface area contributed by atoms with Crippen LogP contribution < -0.4 is 10.6 Å². The lowest BCUT2D eigenvalue weighted by molar-refractivity contribution is 0.0527. The second kappa shape index (κ2) is 11.0. The van der Waals surface area contributed by atoms with Gasteiger partial charge in [0.2, 0.25) is 5.95 Å². The predicted octanol–water partition coefficient (Wildman–Crippen LogP) is 4.17. The molecule has 2 aromatic heterocycles. The van der Waals surface area contributed by atoms with Gasteiger partial charge in [-0.25, -0.2) is 19.3 Å². The standard InChI is InChI=1S/C22H25N5O4S2/c1-5-30-19(28)16-14(4)17(20(29)31-6-2)33-18(16)24-22(32)25-21-23-12-27(26-21)11-15-9-7-8-13(3)10-15/h7-10,12H,5-6,11H2,1-4H3,(H2,24,25,26,32). The lowest BCUT2D eigenvalue weighted by Gasteiger charge is -2.09. The van der Waals surface area contributed by atoms with Gasteiger partial charge in [0, 0.05) is 0 Å². The summed E-state index contributed by atoms with van der Waals surface area (Å²) in [5, 5.41) is 10.8. The number of thiocarbonyl (C=S) groups is 1. The minimum Gasteiger partial charge on any atom is -0.462 e. The van der Waals surface area contributed by atoms with Gasteiger partial charge in [-0.3, -0.25) is 5.32 Å². The molecule has 2 heterocycles. The molecule has 0 spiro atoms. The maximum absolute atomic E-state index is 12.5. The van der Waals surface area contributed by atoms with Gasteiger partial charge in [-0.2, -0.15) is 0 Å². The highest BCUT2D eigenvalue weighted by Gasteiger charge is 2.27. The van der Waals surface area contributed by atoms with Crippen molar-refractivity contribution in [3.8, 4) is 0 Å². The van der Waals surface area contributed by atoms with E-state index >= 15 is 0 Å². The molecule has 2 N–H and O–H groups in total. The number of rotatable bonds is 8. The van der Waals surface area contributed by atoms with Crippen LogP contribution >= 0.6 is 23.6 Å². The molecule has 3 aromatic rings. The SMILES string of the molecule is CCOC(=O)c1sc(NC(=S)Nc2ncn(Cc3cccc(C)c3)n2)c(C(=O)OCC)c1C. The van der Waals surface area contributed by atoms with Gasteiger partial charge in [0.1, 0.15) is 16.2 Å². The first-order valence-corrected chi connectivity index (χ1v) is 11.5. The Balaban J connectivity index is 1.74. The number of hydrogen-bond donors (Lipinski definition) is 2. The Morgan fingerprint density at radius 3 is 2.55 bits per heavy atom. The summed E-state index contributed by atoms with van der Waals surface area (Å²) in [7, 11) is 0. The number of carbonyl (C=O) groups is 2. The summed E-state index contributed by atoms with van der Waals surface area (Å²) in [4.78, 5) is 29.4. The summed E-state index contributed by atoms with van der Waals surface area (Å²) in [6, 6.07) is 8.13. The Morgan fingerprint density at radius 2 is 1.85 bits per heavy atom. The predicted molar refractivity (Wildman–Crippen MR) is 131 cm³/mol. The zero-order valence-electron chi connectivity index (χ0n) is 18.8. The Hall–Kier alpha value is -3.31. The molecule has 174 valence electrons. The Morgan fingerprint density at radius 1 is 1.12 bits per heavy atom. The zero-order chi connectivity index (χ0) is 24.0.